The molecule has 2 heterocycles. The molecule has 0 aliphatic carbocycles. The molecule has 0 N–H and O–H groups in total. The first-order chi connectivity index (χ1) is 9.00. The van der Waals surface area contributed by atoms with Crippen LogP contribution in [0.25, 0.3) is 0 Å². The third-order valence-corrected chi connectivity index (χ3v) is 5.38. The SMILES string of the molecule is COc1ccc(N2C(=S)O[C@@H]3CS(=O)(=O)C[C@H]32)cc1. The molecule has 2 atom stereocenters. The van der Waals surface area contributed by atoms with E-state index in [-0.39, 0.29) is 23.7 Å². The van der Waals surface area contributed by atoms with E-state index in [9.17, 15) is 8.42 Å². The molecule has 0 unspecified atom stereocenters. The maximum Gasteiger partial charge on any atom is 0.264 e. The minimum Gasteiger partial charge on any atom is -0.497 e. The van der Waals surface area contributed by atoms with Gasteiger partial charge in [0.15, 0.2) is 9.84 Å². The smallest absolute Gasteiger partial charge is 0.264 e. The molecule has 7 heteroatoms. The predicted octanol–water partition coefficient (Wildman–Crippen LogP) is 0.982. The Kier molecular flexibility index (Phi) is 2.90. The van der Waals surface area contributed by atoms with E-state index < -0.39 is 9.84 Å². The van der Waals surface area contributed by atoms with E-state index in [1.807, 2.05) is 24.3 Å². The van der Waals surface area contributed by atoms with E-state index in [1.54, 1.807) is 12.0 Å². The molecular weight excluding hydrogens is 286 g/mol. The van der Waals surface area contributed by atoms with Crippen LogP contribution in [0.5, 0.6) is 5.75 Å². The molecule has 0 radical (unpaired) electrons. The number of hydrogen-bond donors (Lipinski definition) is 0. The van der Waals surface area contributed by atoms with Crippen LogP contribution in [-0.2, 0) is 14.6 Å². The summed E-state index contributed by atoms with van der Waals surface area (Å²) in [6.07, 6.45) is -0.348. The second kappa shape index (κ2) is 4.35. The van der Waals surface area contributed by atoms with Gasteiger partial charge >= 0.3 is 0 Å². The number of methoxy groups -OCH3 is 1. The minimum absolute atomic E-state index is 0.0461. The molecule has 102 valence electrons. The first kappa shape index (κ1) is 12.7. The van der Waals surface area contributed by atoms with Gasteiger partial charge in [-0.25, -0.2) is 8.42 Å². The van der Waals surface area contributed by atoms with E-state index in [0.29, 0.717) is 5.17 Å². The Labute approximate surface area is 117 Å². The molecule has 1 aromatic carbocycles. The van der Waals surface area contributed by atoms with E-state index in [2.05, 4.69) is 0 Å². The fourth-order valence-electron chi connectivity index (χ4n) is 2.51. The van der Waals surface area contributed by atoms with E-state index in [0.717, 1.165) is 11.4 Å². The highest BCUT2D eigenvalue weighted by Gasteiger charge is 2.49. The highest BCUT2D eigenvalue weighted by Crippen LogP contribution is 2.33. The molecule has 2 aliphatic rings. The van der Waals surface area contributed by atoms with Crippen LogP contribution < -0.4 is 9.64 Å². The van der Waals surface area contributed by atoms with Crippen molar-refractivity contribution in [3.8, 4) is 5.75 Å². The zero-order chi connectivity index (χ0) is 13.6. The molecule has 2 fully saturated rings. The zero-order valence-corrected chi connectivity index (χ0v) is 11.9. The van der Waals surface area contributed by atoms with E-state index >= 15 is 0 Å². The predicted molar refractivity (Wildman–Crippen MR) is 75.4 cm³/mol. The van der Waals surface area contributed by atoms with Crippen molar-refractivity contribution in [3.05, 3.63) is 24.3 Å². The Balaban J connectivity index is 1.92. The Morgan fingerprint density at radius 3 is 2.63 bits per heavy atom. The van der Waals surface area contributed by atoms with Crippen molar-refractivity contribution in [1.29, 1.82) is 0 Å². The number of rotatable bonds is 2. The van der Waals surface area contributed by atoms with Crippen molar-refractivity contribution in [1.82, 2.24) is 0 Å². The lowest BCUT2D eigenvalue weighted by molar-refractivity contribution is 0.244. The molecule has 0 bridgehead atoms. The molecule has 2 saturated heterocycles. The van der Waals surface area contributed by atoms with E-state index in [4.69, 9.17) is 21.7 Å². The summed E-state index contributed by atoms with van der Waals surface area (Å²) in [4.78, 5) is 1.78. The normalized spacial score (nSPS) is 28.1. The number of fused-ring (bicyclic) bond motifs is 1. The van der Waals surface area contributed by atoms with Crippen LogP contribution >= 0.6 is 12.2 Å². The van der Waals surface area contributed by atoms with Gasteiger partial charge in [-0.15, -0.1) is 0 Å². The van der Waals surface area contributed by atoms with Crippen LogP contribution in [0, 0.1) is 0 Å². The Hall–Kier alpha value is -1.34. The average Bonchev–Trinajstić information content (AvgIpc) is 2.79. The van der Waals surface area contributed by atoms with Crippen LogP contribution in [0.3, 0.4) is 0 Å². The van der Waals surface area contributed by atoms with Gasteiger partial charge in [0, 0.05) is 5.69 Å². The Bertz CT molecular complexity index is 611. The molecule has 19 heavy (non-hydrogen) atoms. The van der Waals surface area contributed by atoms with Gasteiger partial charge in [0.05, 0.1) is 24.7 Å². The number of sulfone groups is 1. The Morgan fingerprint density at radius 2 is 2.00 bits per heavy atom. The van der Waals surface area contributed by atoms with Crippen molar-refractivity contribution < 1.29 is 17.9 Å². The molecule has 0 saturated carbocycles. The molecular formula is C12H13NO4S2. The molecule has 1 aromatic rings. The number of ether oxygens (including phenoxy) is 2. The summed E-state index contributed by atoms with van der Waals surface area (Å²) in [5.74, 6) is 0.874. The second-order valence-electron chi connectivity index (χ2n) is 4.63. The molecule has 5 nitrogen and oxygen atoms in total. The van der Waals surface area contributed by atoms with Crippen molar-refractivity contribution in [3.63, 3.8) is 0 Å². The summed E-state index contributed by atoms with van der Waals surface area (Å²) in [7, 11) is -1.44. The third-order valence-electron chi connectivity index (χ3n) is 3.40. The van der Waals surface area contributed by atoms with Gasteiger partial charge in [0.25, 0.3) is 5.17 Å². The molecule has 2 aliphatic heterocycles. The number of benzene rings is 1. The van der Waals surface area contributed by atoms with Crippen molar-refractivity contribution in [2.45, 2.75) is 12.1 Å². The minimum atomic E-state index is -3.03. The van der Waals surface area contributed by atoms with Crippen LogP contribution in [-0.4, -0.2) is 44.4 Å². The Morgan fingerprint density at radius 1 is 1.32 bits per heavy atom. The van der Waals surface area contributed by atoms with E-state index in [1.165, 1.54) is 0 Å². The van der Waals surface area contributed by atoms with Gasteiger partial charge in [0.2, 0.25) is 0 Å². The lowest BCUT2D eigenvalue weighted by Gasteiger charge is -2.21. The highest BCUT2D eigenvalue weighted by atomic mass is 32.2. The quantitative estimate of drug-likeness (QED) is 0.759. The number of nitrogens with zero attached hydrogens (tertiary/aromatic N) is 1. The summed E-state index contributed by atoms with van der Waals surface area (Å²) >= 11 is 5.19. The largest absolute Gasteiger partial charge is 0.497 e. The summed E-state index contributed by atoms with van der Waals surface area (Å²) in [6, 6.07) is 7.11. The molecule has 3 rings (SSSR count). The summed E-state index contributed by atoms with van der Waals surface area (Å²) in [5, 5.41) is 0.343. The van der Waals surface area contributed by atoms with Crippen LogP contribution in [0.15, 0.2) is 24.3 Å². The standard InChI is InChI=1S/C12H13NO4S2/c1-16-9-4-2-8(3-5-9)13-10-6-19(14,15)7-11(10)17-12(13)18/h2-5,10-11H,6-7H2,1H3/t10-,11-/m1/s1. The van der Waals surface area contributed by atoms with Gasteiger partial charge in [-0.2, -0.15) is 0 Å². The summed E-state index contributed by atoms with van der Waals surface area (Å²) in [5.41, 5.74) is 0.829. The van der Waals surface area contributed by atoms with Gasteiger partial charge in [-0.3, -0.25) is 4.90 Å². The average molecular weight is 299 g/mol. The van der Waals surface area contributed by atoms with Gasteiger partial charge in [-0.1, -0.05) is 0 Å². The van der Waals surface area contributed by atoms with Crippen molar-refractivity contribution >= 4 is 32.9 Å². The fraction of sp³-hybridized carbons (Fsp3) is 0.417. The highest BCUT2D eigenvalue weighted by molar-refractivity contribution is 7.91. The first-order valence-electron chi connectivity index (χ1n) is 5.84. The lowest BCUT2D eigenvalue weighted by Crippen LogP contribution is -2.36. The number of thiocarbonyl (C=S) groups is 1. The first-order valence-corrected chi connectivity index (χ1v) is 8.07. The lowest BCUT2D eigenvalue weighted by atomic mass is 10.2. The number of hydrogen-bond acceptors (Lipinski definition) is 5. The van der Waals surface area contributed by atoms with Crippen LogP contribution in [0.2, 0.25) is 0 Å². The maximum atomic E-state index is 11.7. The second-order valence-corrected chi connectivity index (χ2v) is 7.14. The molecule has 0 aromatic heterocycles. The maximum absolute atomic E-state index is 11.7. The molecule has 0 spiro atoms. The third kappa shape index (κ3) is 2.17. The summed E-state index contributed by atoms with van der Waals surface area (Å²) in [6.45, 7) is 0. The van der Waals surface area contributed by atoms with Gasteiger partial charge in [0.1, 0.15) is 11.9 Å². The topological polar surface area (TPSA) is 55.8 Å². The summed E-state index contributed by atoms with van der Waals surface area (Å²) < 4.78 is 33.9. The van der Waals surface area contributed by atoms with Gasteiger partial charge < -0.3 is 9.47 Å². The zero-order valence-electron chi connectivity index (χ0n) is 10.3. The van der Waals surface area contributed by atoms with Crippen LogP contribution in [0.4, 0.5) is 5.69 Å². The van der Waals surface area contributed by atoms with Crippen LogP contribution in [0.1, 0.15) is 0 Å². The fourth-order valence-corrected chi connectivity index (χ4v) is 4.69. The monoisotopic (exact) mass is 299 g/mol. The van der Waals surface area contributed by atoms with Crippen molar-refractivity contribution in [2.75, 3.05) is 23.5 Å². The van der Waals surface area contributed by atoms with Gasteiger partial charge in [-0.05, 0) is 36.5 Å². The molecule has 0 amide bonds. The van der Waals surface area contributed by atoms with Crippen molar-refractivity contribution in [2.24, 2.45) is 0 Å². The number of anilines is 1.